The first-order chi connectivity index (χ1) is 11.0. The van der Waals surface area contributed by atoms with E-state index < -0.39 is 5.60 Å². The molecule has 1 nitrogen and oxygen atoms in total. The summed E-state index contributed by atoms with van der Waals surface area (Å²) in [6.07, 6.45) is 0. The van der Waals surface area contributed by atoms with Crippen molar-refractivity contribution >= 4 is 31.9 Å². The monoisotopic (exact) mass is 428 g/mol. The summed E-state index contributed by atoms with van der Waals surface area (Å²) >= 11 is 7.08. The van der Waals surface area contributed by atoms with E-state index in [2.05, 4.69) is 50.9 Å². The number of hydrogen-bond donors (Lipinski definition) is 1. The van der Waals surface area contributed by atoms with E-state index in [1.54, 1.807) is 0 Å². The van der Waals surface area contributed by atoms with Crippen LogP contribution in [0.2, 0.25) is 0 Å². The maximum absolute atomic E-state index is 11.8. The number of hydrogen-bond acceptors (Lipinski definition) is 1. The Morgan fingerprint density at radius 3 is 1.70 bits per heavy atom. The van der Waals surface area contributed by atoms with Gasteiger partial charge in [-0.2, -0.15) is 0 Å². The van der Waals surface area contributed by atoms with Gasteiger partial charge in [0, 0.05) is 20.1 Å². The van der Waals surface area contributed by atoms with Crippen molar-refractivity contribution < 1.29 is 5.11 Å². The van der Waals surface area contributed by atoms with Crippen LogP contribution in [0.15, 0.2) is 69.6 Å². The average Bonchev–Trinajstić information content (AvgIpc) is 2.78. The highest BCUT2D eigenvalue weighted by atomic mass is 79.9. The van der Waals surface area contributed by atoms with Crippen LogP contribution >= 0.6 is 31.9 Å². The minimum atomic E-state index is -1.13. The van der Waals surface area contributed by atoms with Crippen LogP contribution < -0.4 is 0 Å². The molecule has 0 saturated heterocycles. The van der Waals surface area contributed by atoms with E-state index in [0.717, 1.165) is 36.8 Å². The Morgan fingerprint density at radius 1 is 0.739 bits per heavy atom. The predicted octanol–water partition coefficient (Wildman–Crippen LogP) is 5.78. The van der Waals surface area contributed by atoms with Gasteiger partial charge in [-0.05, 0) is 47.9 Å². The molecule has 23 heavy (non-hydrogen) atoms. The Labute approximate surface area is 152 Å². The molecule has 0 aromatic heterocycles. The summed E-state index contributed by atoms with van der Waals surface area (Å²) in [4.78, 5) is 0. The molecule has 0 radical (unpaired) electrons. The smallest absolute Gasteiger partial charge is 0.141 e. The number of aliphatic hydroxyl groups is 1. The van der Waals surface area contributed by atoms with Gasteiger partial charge in [-0.3, -0.25) is 0 Å². The lowest BCUT2D eigenvalue weighted by molar-refractivity contribution is 0.130. The molecule has 0 aliphatic heterocycles. The zero-order valence-corrected chi connectivity index (χ0v) is 15.6. The van der Waals surface area contributed by atoms with Crippen molar-refractivity contribution in [3.63, 3.8) is 0 Å². The summed E-state index contributed by atoms with van der Waals surface area (Å²) in [5.41, 5.74) is 4.94. The van der Waals surface area contributed by atoms with Gasteiger partial charge in [0.1, 0.15) is 5.60 Å². The molecule has 3 aromatic carbocycles. The average molecular weight is 430 g/mol. The van der Waals surface area contributed by atoms with Crippen molar-refractivity contribution in [1.29, 1.82) is 0 Å². The van der Waals surface area contributed by atoms with Crippen LogP contribution in [-0.4, -0.2) is 5.11 Å². The van der Waals surface area contributed by atoms with Gasteiger partial charge in [-0.15, -0.1) is 0 Å². The molecular formula is C20H14Br2O. The van der Waals surface area contributed by atoms with Crippen LogP contribution in [0.5, 0.6) is 0 Å². The number of rotatable bonds is 1. The third-order valence-electron chi connectivity index (χ3n) is 4.50. The molecule has 0 unspecified atom stereocenters. The Bertz CT molecular complexity index is 862. The first-order valence-corrected chi connectivity index (χ1v) is 8.99. The molecule has 1 aliphatic carbocycles. The highest BCUT2D eigenvalue weighted by molar-refractivity contribution is 9.10. The molecule has 1 N–H and O–H groups in total. The summed E-state index contributed by atoms with van der Waals surface area (Å²) < 4.78 is 1.93. The molecule has 0 spiro atoms. The van der Waals surface area contributed by atoms with E-state index in [9.17, 15) is 5.11 Å². The molecular weight excluding hydrogens is 416 g/mol. The second-order valence-corrected chi connectivity index (χ2v) is 7.79. The van der Waals surface area contributed by atoms with Gasteiger partial charge in [-0.25, -0.2) is 0 Å². The molecule has 0 bridgehead atoms. The zero-order chi connectivity index (χ0) is 16.2. The molecule has 3 heteroatoms. The van der Waals surface area contributed by atoms with Gasteiger partial charge < -0.3 is 5.11 Å². The number of halogens is 2. The number of fused-ring (bicyclic) bond motifs is 3. The first kappa shape index (κ1) is 15.1. The van der Waals surface area contributed by atoms with Crippen LogP contribution in [0.3, 0.4) is 0 Å². The quantitative estimate of drug-likeness (QED) is 0.519. The van der Waals surface area contributed by atoms with Crippen molar-refractivity contribution in [2.45, 2.75) is 12.5 Å². The number of benzene rings is 3. The van der Waals surface area contributed by atoms with Gasteiger partial charge >= 0.3 is 0 Å². The van der Waals surface area contributed by atoms with E-state index in [1.165, 1.54) is 5.56 Å². The van der Waals surface area contributed by atoms with Crippen molar-refractivity contribution in [2.24, 2.45) is 0 Å². The molecule has 114 valence electrons. The van der Waals surface area contributed by atoms with Crippen LogP contribution in [-0.2, 0) is 5.60 Å². The predicted molar refractivity (Wildman–Crippen MR) is 101 cm³/mol. The van der Waals surface area contributed by atoms with Crippen molar-refractivity contribution in [2.75, 3.05) is 0 Å². The van der Waals surface area contributed by atoms with E-state index >= 15 is 0 Å². The zero-order valence-electron chi connectivity index (χ0n) is 12.5. The molecule has 0 saturated carbocycles. The Morgan fingerprint density at radius 2 is 1.22 bits per heavy atom. The Hall–Kier alpha value is -1.42. The summed E-state index contributed by atoms with van der Waals surface area (Å²) in [5.74, 6) is 0. The fourth-order valence-electron chi connectivity index (χ4n) is 3.35. The van der Waals surface area contributed by atoms with Crippen LogP contribution in [0.4, 0.5) is 0 Å². The Kier molecular flexibility index (Phi) is 3.49. The molecule has 0 heterocycles. The maximum Gasteiger partial charge on any atom is 0.141 e. The fourth-order valence-corrected chi connectivity index (χ4v) is 4.07. The SMILES string of the molecule is Cc1ccc(C2(O)c3cc(Br)ccc3-c3ccc(Br)cc32)cc1. The first-order valence-electron chi connectivity index (χ1n) is 7.40. The van der Waals surface area contributed by atoms with E-state index in [4.69, 9.17) is 0 Å². The van der Waals surface area contributed by atoms with Gasteiger partial charge in [0.25, 0.3) is 0 Å². The lowest BCUT2D eigenvalue weighted by Crippen LogP contribution is -2.26. The van der Waals surface area contributed by atoms with E-state index in [1.807, 2.05) is 48.5 Å². The van der Waals surface area contributed by atoms with E-state index in [-0.39, 0.29) is 0 Å². The lowest BCUT2D eigenvalue weighted by Gasteiger charge is -2.27. The minimum absolute atomic E-state index is 0.888. The number of aryl methyl sites for hydroxylation is 1. The molecule has 1 aliphatic rings. The molecule has 0 amide bonds. The Balaban J connectivity index is 2.08. The highest BCUT2D eigenvalue weighted by Gasteiger charge is 2.43. The van der Waals surface area contributed by atoms with Crippen LogP contribution in [0, 0.1) is 6.92 Å². The third-order valence-corrected chi connectivity index (χ3v) is 5.49. The largest absolute Gasteiger partial charge is 0.376 e. The molecule has 3 aromatic rings. The van der Waals surface area contributed by atoms with Gasteiger partial charge in [-0.1, -0.05) is 73.8 Å². The van der Waals surface area contributed by atoms with Crippen molar-refractivity contribution in [3.05, 3.63) is 91.9 Å². The summed E-state index contributed by atoms with van der Waals surface area (Å²) in [6.45, 7) is 2.05. The topological polar surface area (TPSA) is 20.2 Å². The fraction of sp³-hybridized carbons (Fsp3) is 0.100. The van der Waals surface area contributed by atoms with Crippen molar-refractivity contribution in [1.82, 2.24) is 0 Å². The van der Waals surface area contributed by atoms with Gasteiger partial charge in [0.15, 0.2) is 0 Å². The molecule has 0 fully saturated rings. The maximum atomic E-state index is 11.8. The van der Waals surface area contributed by atoms with Crippen molar-refractivity contribution in [3.8, 4) is 11.1 Å². The summed E-state index contributed by atoms with van der Waals surface area (Å²) in [7, 11) is 0. The third kappa shape index (κ3) is 2.22. The lowest BCUT2D eigenvalue weighted by atomic mass is 9.84. The second kappa shape index (κ2) is 5.30. The molecule has 4 rings (SSSR count). The second-order valence-electron chi connectivity index (χ2n) is 5.96. The molecule has 0 atom stereocenters. The minimum Gasteiger partial charge on any atom is -0.376 e. The van der Waals surface area contributed by atoms with E-state index in [0.29, 0.717) is 0 Å². The van der Waals surface area contributed by atoms with Gasteiger partial charge in [0.05, 0.1) is 0 Å². The van der Waals surface area contributed by atoms with Crippen LogP contribution in [0.1, 0.15) is 22.3 Å². The standard InChI is InChI=1S/C20H14Br2O/c1-12-2-4-13(5-3-12)20(23)18-10-14(21)6-8-16(18)17-9-7-15(22)11-19(17)20/h2-11,23H,1H3. The normalized spacial score (nSPS) is 14.4. The van der Waals surface area contributed by atoms with Crippen LogP contribution in [0.25, 0.3) is 11.1 Å². The summed E-state index contributed by atoms with van der Waals surface area (Å²) in [6, 6.07) is 20.3. The summed E-state index contributed by atoms with van der Waals surface area (Å²) in [5, 5.41) is 11.8. The van der Waals surface area contributed by atoms with Gasteiger partial charge in [0.2, 0.25) is 0 Å². The highest BCUT2D eigenvalue weighted by Crippen LogP contribution is 2.52.